The van der Waals surface area contributed by atoms with Gasteiger partial charge in [-0.3, -0.25) is 4.79 Å². The van der Waals surface area contributed by atoms with Crippen molar-refractivity contribution in [2.45, 2.75) is 57.4 Å². The fourth-order valence-corrected chi connectivity index (χ4v) is 2.54. The third-order valence-corrected chi connectivity index (χ3v) is 3.73. The predicted octanol–water partition coefficient (Wildman–Crippen LogP) is 1.78. The molecule has 1 atom stereocenters. The number of unbranched alkanes of at least 4 members (excludes halogenated alkanes) is 1. The van der Waals surface area contributed by atoms with Crippen molar-refractivity contribution < 1.29 is 14.3 Å². The Balaban J connectivity index is 0.00000361. The number of ether oxygens (including phenoxy) is 1. The molecular weight excluding hydrogens is 280 g/mol. The smallest absolute Gasteiger partial charge is 0.328 e. The van der Waals surface area contributed by atoms with Crippen molar-refractivity contribution in [1.29, 1.82) is 0 Å². The number of hydrogen-bond donors (Lipinski definition) is 2. The van der Waals surface area contributed by atoms with E-state index in [0.717, 1.165) is 38.5 Å². The molecule has 1 aliphatic rings. The molecule has 6 heteroatoms. The summed E-state index contributed by atoms with van der Waals surface area (Å²) in [5.74, 6) is -0.292. The Morgan fingerprint density at radius 2 is 1.90 bits per heavy atom. The van der Waals surface area contributed by atoms with Crippen LogP contribution in [0, 0.1) is 5.92 Å². The zero-order valence-electron chi connectivity index (χ0n) is 12.2. The van der Waals surface area contributed by atoms with Gasteiger partial charge in [0, 0.05) is 5.92 Å². The summed E-state index contributed by atoms with van der Waals surface area (Å²) >= 11 is 0. The number of methoxy groups -OCH3 is 1. The Labute approximate surface area is 127 Å². The molecule has 0 heterocycles. The van der Waals surface area contributed by atoms with Crippen LogP contribution in [0.2, 0.25) is 0 Å². The Morgan fingerprint density at radius 3 is 2.45 bits per heavy atom. The van der Waals surface area contributed by atoms with E-state index < -0.39 is 6.04 Å². The van der Waals surface area contributed by atoms with E-state index in [0.29, 0.717) is 13.0 Å². The highest BCUT2D eigenvalue weighted by Crippen LogP contribution is 2.23. The summed E-state index contributed by atoms with van der Waals surface area (Å²) in [6.07, 6.45) is 7.56. The minimum atomic E-state index is -0.522. The maximum Gasteiger partial charge on any atom is 0.328 e. The molecule has 118 valence electrons. The number of nitrogens with two attached hydrogens (primary N) is 1. The number of nitrogens with one attached hydrogen (secondary N) is 1. The fourth-order valence-electron chi connectivity index (χ4n) is 2.54. The van der Waals surface area contributed by atoms with Gasteiger partial charge in [0.15, 0.2) is 0 Å². The molecule has 0 aromatic carbocycles. The molecule has 0 bridgehead atoms. The summed E-state index contributed by atoms with van der Waals surface area (Å²) in [5, 5.41) is 2.84. The first-order valence-electron chi connectivity index (χ1n) is 7.27. The van der Waals surface area contributed by atoms with Gasteiger partial charge in [-0.2, -0.15) is 0 Å². The molecule has 1 fully saturated rings. The van der Waals surface area contributed by atoms with Crippen LogP contribution in [-0.4, -0.2) is 31.6 Å². The molecule has 0 aliphatic heterocycles. The minimum Gasteiger partial charge on any atom is -0.467 e. The topological polar surface area (TPSA) is 81.4 Å². The zero-order chi connectivity index (χ0) is 14.1. The van der Waals surface area contributed by atoms with Gasteiger partial charge in [0.2, 0.25) is 5.91 Å². The van der Waals surface area contributed by atoms with Crippen LogP contribution >= 0.6 is 12.4 Å². The van der Waals surface area contributed by atoms with E-state index in [1.165, 1.54) is 13.5 Å². The molecule has 0 saturated heterocycles. The number of amides is 1. The Bertz CT molecular complexity index is 294. The number of rotatable bonds is 7. The Kier molecular flexibility index (Phi) is 10.5. The molecule has 1 unspecified atom stereocenters. The van der Waals surface area contributed by atoms with Gasteiger partial charge in [0.05, 0.1) is 7.11 Å². The molecule has 3 N–H and O–H groups in total. The average Bonchev–Trinajstić information content (AvgIpc) is 2.46. The van der Waals surface area contributed by atoms with Crippen molar-refractivity contribution >= 4 is 24.3 Å². The largest absolute Gasteiger partial charge is 0.467 e. The number of carbonyl (C=O) groups excluding carboxylic acids is 2. The highest BCUT2D eigenvalue weighted by Gasteiger charge is 2.26. The predicted molar refractivity (Wildman–Crippen MR) is 80.7 cm³/mol. The first kappa shape index (κ1) is 19.2. The molecule has 1 saturated carbocycles. The maximum atomic E-state index is 12.1. The van der Waals surface area contributed by atoms with Crippen LogP contribution in [0.1, 0.15) is 51.4 Å². The van der Waals surface area contributed by atoms with E-state index in [2.05, 4.69) is 5.32 Å². The van der Waals surface area contributed by atoms with Crippen LogP contribution < -0.4 is 11.1 Å². The summed E-state index contributed by atoms with van der Waals surface area (Å²) in [5.41, 5.74) is 5.44. The molecule has 0 aromatic rings. The van der Waals surface area contributed by atoms with Crippen molar-refractivity contribution in [2.24, 2.45) is 11.7 Å². The summed E-state index contributed by atoms with van der Waals surface area (Å²) in [7, 11) is 1.35. The number of carbonyl (C=O) groups is 2. The zero-order valence-corrected chi connectivity index (χ0v) is 13.0. The van der Waals surface area contributed by atoms with Gasteiger partial charge in [-0.15, -0.1) is 12.4 Å². The van der Waals surface area contributed by atoms with Gasteiger partial charge in [-0.25, -0.2) is 4.79 Å². The third-order valence-electron chi connectivity index (χ3n) is 3.73. The van der Waals surface area contributed by atoms with E-state index in [1.54, 1.807) is 0 Å². The van der Waals surface area contributed by atoms with E-state index in [1.807, 2.05) is 0 Å². The Morgan fingerprint density at radius 1 is 1.25 bits per heavy atom. The first-order chi connectivity index (χ1) is 9.19. The van der Waals surface area contributed by atoms with Crippen molar-refractivity contribution in [1.82, 2.24) is 5.32 Å². The molecule has 1 rings (SSSR count). The standard InChI is InChI=1S/C14H26N2O3.ClH/c1-19-14(18)12(9-5-6-10-15)16-13(17)11-7-3-2-4-8-11;/h11-12H,2-10,15H2,1H3,(H,16,17);1H. The maximum absolute atomic E-state index is 12.1. The molecule has 0 spiro atoms. The monoisotopic (exact) mass is 306 g/mol. The molecular formula is C14H27ClN2O3. The van der Waals surface area contributed by atoms with Crippen LogP contribution in [0.3, 0.4) is 0 Å². The summed E-state index contributed by atoms with van der Waals surface area (Å²) in [6, 6.07) is -0.522. The summed E-state index contributed by atoms with van der Waals surface area (Å²) in [4.78, 5) is 23.8. The number of esters is 1. The quantitative estimate of drug-likeness (QED) is 0.555. The normalized spacial score (nSPS) is 16.9. The number of halogens is 1. The van der Waals surface area contributed by atoms with E-state index in [9.17, 15) is 9.59 Å². The Hall–Kier alpha value is -0.810. The second-order valence-corrected chi connectivity index (χ2v) is 5.20. The molecule has 1 aliphatic carbocycles. The van der Waals surface area contributed by atoms with Gasteiger partial charge in [0.25, 0.3) is 0 Å². The first-order valence-corrected chi connectivity index (χ1v) is 7.27. The molecule has 20 heavy (non-hydrogen) atoms. The van der Waals surface area contributed by atoms with Crippen LogP contribution in [0.4, 0.5) is 0 Å². The second-order valence-electron chi connectivity index (χ2n) is 5.20. The third kappa shape index (κ3) is 6.57. The lowest BCUT2D eigenvalue weighted by Gasteiger charge is -2.23. The van der Waals surface area contributed by atoms with Crippen LogP contribution in [-0.2, 0) is 14.3 Å². The van der Waals surface area contributed by atoms with Gasteiger partial charge in [-0.1, -0.05) is 19.3 Å². The van der Waals surface area contributed by atoms with Crippen molar-refractivity contribution in [3.63, 3.8) is 0 Å². The lowest BCUT2D eigenvalue weighted by atomic mass is 9.88. The van der Waals surface area contributed by atoms with E-state index >= 15 is 0 Å². The van der Waals surface area contributed by atoms with Crippen molar-refractivity contribution in [2.75, 3.05) is 13.7 Å². The number of hydrogen-bond acceptors (Lipinski definition) is 4. The molecule has 0 aromatic heterocycles. The van der Waals surface area contributed by atoms with Crippen LogP contribution in [0.25, 0.3) is 0 Å². The van der Waals surface area contributed by atoms with Gasteiger partial charge in [0.1, 0.15) is 6.04 Å². The average molecular weight is 307 g/mol. The van der Waals surface area contributed by atoms with Crippen molar-refractivity contribution in [3.8, 4) is 0 Å². The lowest BCUT2D eigenvalue weighted by molar-refractivity contribution is -0.146. The van der Waals surface area contributed by atoms with Gasteiger partial charge < -0.3 is 15.8 Å². The minimum absolute atomic E-state index is 0. The molecule has 5 nitrogen and oxygen atoms in total. The van der Waals surface area contributed by atoms with Crippen molar-refractivity contribution in [3.05, 3.63) is 0 Å². The highest BCUT2D eigenvalue weighted by atomic mass is 35.5. The van der Waals surface area contributed by atoms with Crippen LogP contribution in [0.5, 0.6) is 0 Å². The SMILES string of the molecule is COC(=O)C(CCCCN)NC(=O)C1CCCCC1.Cl. The summed E-state index contributed by atoms with van der Waals surface area (Å²) < 4.78 is 4.75. The van der Waals surface area contributed by atoms with Gasteiger partial charge in [-0.05, 0) is 38.6 Å². The van der Waals surface area contributed by atoms with E-state index in [4.69, 9.17) is 10.5 Å². The van der Waals surface area contributed by atoms with Crippen LogP contribution in [0.15, 0.2) is 0 Å². The second kappa shape index (κ2) is 10.9. The molecule has 1 amide bonds. The lowest BCUT2D eigenvalue weighted by Crippen LogP contribution is -2.44. The highest BCUT2D eigenvalue weighted by molar-refractivity contribution is 5.86. The molecule has 0 radical (unpaired) electrons. The van der Waals surface area contributed by atoms with E-state index in [-0.39, 0.29) is 30.2 Å². The summed E-state index contributed by atoms with van der Waals surface area (Å²) in [6.45, 7) is 0.602. The van der Waals surface area contributed by atoms with Gasteiger partial charge >= 0.3 is 5.97 Å². The fraction of sp³-hybridized carbons (Fsp3) is 0.857.